The first-order chi connectivity index (χ1) is 10.7. The third-order valence-corrected chi connectivity index (χ3v) is 9.71. The van der Waals surface area contributed by atoms with Crippen molar-refractivity contribution in [2.45, 2.75) is 52.5 Å². The Kier molecular flexibility index (Phi) is 5.17. The highest BCUT2D eigenvalue weighted by atomic mass is 28.4. The summed E-state index contributed by atoms with van der Waals surface area (Å²) in [6, 6.07) is 20.6. The van der Waals surface area contributed by atoms with Crippen LogP contribution in [0.4, 0.5) is 0 Å². The summed E-state index contributed by atoms with van der Waals surface area (Å²) in [5.74, 6) is 0. The van der Waals surface area contributed by atoms with Crippen molar-refractivity contribution in [2.75, 3.05) is 0 Å². The van der Waals surface area contributed by atoms with Crippen molar-refractivity contribution < 1.29 is 4.80 Å². The zero-order valence-electron chi connectivity index (χ0n) is 15.1. The van der Waals surface area contributed by atoms with Gasteiger partial charge in [-0.15, -0.1) is 0 Å². The Labute approximate surface area is 142 Å². The minimum absolute atomic E-state index is 0.158. The fourth-order valence-electron chi connectivity index (χ4n) is 3.76. The fourth-order valence-corrected chi connectivity index (χ4v) is 7.74. The molecule has 0 saturated carbocycles. The van der Waals surface area contributed by atoms with Crippen molar-refractivity contribution in [3.8, 4) is 0 Å². The molecule has 2 aromatic rings. The first-order valence-electron chi connectivity index (χ1n) is 8.56. The lowest BCUT2D eigenvalue weighted by atomic mass is 9.81. The van der Waals surface area contributed by atoms with Crippen LogP contribution in [0.25, 0.3) is 0 Å². The van der Waals surface area contributed by atoms with Gasteiger partial charge in [-0.2, -0.15) is 0 Å². The summed E-state index contributed by atoms with van der Waals surface area (Å²) in [4.78, 5) is 12.1. The van der Waals surface area contributed by atoms with Crippen LogP contribution < -0.4 is 10.4 Å². The second-order valence-corrected chi connectivity index (χ2v) is 11.9. The van der Waals surface area contributed by atoms with Gasteiger partial charge in [0.2, 0.25) is 0 Å². The Hall–Kier alpha value is -1.38. The molecular formula is C21H30OSi. The molecule has 0 aliphatic rings. The predicted molar refractivity (Wildman–Crippen MR) is 103 cm³/mol. The zero-order valence-corrected chi connectivity index (χ0v) is 16.1. The van der Waals surface area contributed by atoms with E-state index < -0.39 is 8.32 Å². The molecule has 0 aliphatic carbocycles. The molecule has 0 fully saturated rings. The number of hydrogen-bond donors (Lipinski definition) is 1. The molecule has 0 radical (unpaired) electrons. The molecule has 0 unspecified atom stereocenters. The molecule has 0 saturated heterocycles. The highest BCUT2D eigenvalue weighted by Crippen LogP contribution is 2.46. The Bertz CT molecular complexity index is 577. The van der Waals surface area contributed by atoms with E-state index in [2.05, 4.69) is 58.9 Å². The van der Waals surface area contributed by atoms with Crippen LogP contribution in [0.1, 0.15) is 47.5 Å². The maximum Gasteiger partial charge on any atom is 0.258 e. The average molecular weight is 327 g/mol. The second-order valence-electron chi connectivity index (χ2n) is 8.02. The summed E-state index contributed by atoms with van der Waals surface area (Å²) in [6.45, 7) is 11.3. The molecule has 1 N–H and O–H groups in total. The third-order valence-electron chi connectivity index (χ3n) is 5.24. The fraction of sp³-hybridized carbons (Fsp3) is 0.429. The molecule has 2 aromatic carbocycles. The van der Waals surface area contributed by atoms with Crippen LogP contribution >= 0.6 is 0 Å². The third kappa shape index (κ3) is 3.59. The summed E-state index contributed by atoms with van der Waals surface area (Å²) in [6.07, 6.45) is 2.12. The number of benzene rings is 2. The molecule has 2 rings (SSSR count). The van der Waals surface area contributed by atoms with Crippen molar-refractivity contribution >= 4 is 18.7 Å². The van der Waals surface area contributed by atoms with E-state index in [4.69, 9.17) is 0 Å². The van der Waals surface area contributed by atoms with E-state index in [1.54, 1.807) is 0 Å². The average Bonchev–Trinajstić information content (AvgIpc) is 2.54. The molecule has 0 bridgehead atoms. The molecule has 0 heterocycles. The Morgan fingerprint density at radius 2 is 1.17 bits per heavy atom. The Morgan fingerprint density at radius 3 is 1.52 bits per heavy atom. The zero-order chi connectivity index (χ0) is 17.1. The van der Waals surface area contributed by atoms with Crippen molar-refractivity contribution in [3.05, 3.63) is 60.7 Å². The van der Waals surface area contributed by atoms with Crippen molar-refractivity contribution in [1.82, 2.24) is 0 Å². The van der Waals surface area contributed by atoms with Crippen molar-refractivity contribution in [1.29, 1.82) is 0 Å². The largest absolute Gasteiger partial charge is 0.424 e. The van der Waals surface area contributed by atoms with Gasteiger partial charge in [0.1, 0.15) is 0 Å². The lowest BCUT2D eigenvalue weighted by Gasteiger charge is -2.45. The first kappa shape index (κ1) is 18.0. The van der Waals surface area contributed by atoms with Crippen LogP contribution in [0.3, 0.4) is 0 Å². The Balaban J connectivity index is 2.59. The van der Waals surface area contributed by atoms with Gasteiger partial charge in [0.05, 0.1) is 0 Å². The van der Waals surface area contributed by atoms with Gasteiger partial charge in [-0.05, 0) is 27.2 Å². The molecule has 0 aliphatic heterocycles. The van der Waals surface area contributed by atoms with Crippen molar-refractivity contribution in [2.24, 2.45) is 5.41 Å². The highest BCUT2D eigenvalue weighted by molar-refractivity contribution is 6.98. The maximum absolute atomic E-state index is 12.1. The molecule has 1 nitrogen and oxygen atoms in total. The summed E-state index contributed by atoms with van der Waals surface area (Å²) in [7, 11) is -2.86. The van der Waals surface area contributed by atoms with Gasteiger partial charge in [0, 0.05) is 0 Å². The van der Waals surface area contributed by atoms with Gasteiger partial charge in [-0.25, -0.2) is 0 Å². The second kappa shape index (κ2) is 6.62. The van der Waals surface area contributed by atoms with Crippen molar-refractivity contribution in [3.63, 3.8) is 0 Å². The van der Waals surface area contributed by atoms with E-state index in [1.165, 1.54) is 0 Å². The van der Waals surface area contributed by atoms with E-state index in [9.17, 15) is 4.80 Å². The normalized spacial score (nSPS) is 13.1. The monoisotopic (exact) mass is 326 g/mol. The smallest absolute Gasteiger partial charge is 0.258 e. The van der Waals surface area contributed by atoms with E-state index in [0.29, 0.717) is 0 Å². The summed E-state index contributed by atoms with van der Waals surface area (Å²) >= 11 is 0. The summed E-state index contributed by atoms with van der Waals surface area (Å²) < 4.78 is 0. The minimum Gasteiger partial charge on any atom is -0.424 e. The number of rotatable bonds is 6. The van der Waals surface area contributed by atoms with Gasteiger partial charge in [0.25, 0.3) is 8.32 Å². The predicted octanol–water partition coefficient (Wildman–Crippen LogP) is 4.35. The number of hydrogen-bond acceptors (Lipinski definition) is 1. The maximum atomic E-state index is 12.1. The molecular weight excluding hydrogens is 296 g/mol. The van der Waals surface area contributed by atoms with Gasteiger partial charge in [0.15, 0.2) is 0 Å². The van der Waals surface area contributed by atoms with Gasteiger partial charge in [-0.1, -0.05) is 102 Å². The summed E-state index contributed by atoms with van der Waals surface area (Å²) in [5.41, 5.74) is 0.216. The first-order valence-corrected chi connectivity index (χ1v) is 10.5. The molecule has 0 aromatic heterocycles. The van der Waals surface area contributed by atoms with Gasteiger partial charge >= 0.3 is 0 Å². The highest BCUT2D eigenvalue weighted by Gasteiger charge is 2.51. The SMILES string of the molecule is CCC(C)(C)CC(C)(C)[Si](O)(c1ccccc1)c1ccccc1. The minimum atomic E-state index is -2.86. The lowest BCUT2D eigenvalue weighted by Crippen LogP contribution is -2.65. The van der Waals surface area contributed by atoms with Crippen LogP contribution in [0, 0.1) is 5.41 Å². The standard InChI is InChI=1S/C21H30OSi/c1-6-20(2,3)17-21(4,5)23(22,18-13-9-7-10-14-18)19-15-11-8-12-16-19/h7-16,22H,6,17H2,1-5H3. The molecule has 0 amide bonds. The molecule has 124 valence electrons. The van der Waals surface area contributed by atoms with Crippen LogP contribution in [0.15, 0.2) is 60.7 Å². The molecule has 23 heavy (non-hydrogen) atoms. The topological polar surface area (TPSA) is 20.2 Å². The molecule has 0 spiro atoms. The van der Waals surface area contributed by atoms with Gasteiger partial charge < -0.3 is 4.80 Å². The van der Waals surface area contributed by atoms with Gasteiger partial charge in [-0.3, -0.25) is 0 Å². The van der Waals surface area contributed by atoms with Crippen LogP contribution in [-0.4, -0.2) is 13.1 Å². The van der Waals surface area contributed by atoms with Crippen LogP contribution in [0.2, 0.25) is 5.04 Å². The van der Waals surface area contributed by atoms with E-state index in [0.717, 1.165) is 23.2 Å². The quantitative estimate of drug-likeness (QED) is 0.783. The molecule has 0 atom stereocenters. The van der Waals surface area contributed by atoms with Crippen LogP contribution in [0.5, 0.6) is 0 Å². The van der Waals surface area contributed by atoms with E-state index in [1.807, 2.05) is 36.4 Å². The molecule has 2 heteroatoms. The van der Waals surface area contributed by atoms with E-state index in [-0.39, 0.29) is 10.5 Å². The lowest BCUT2D eigenvalue weighted by molar-refractivity contribution is 0.269. The Morgan fingerprint density at radius 1 is 0.783 bits per heavy atom. The van der Waals surface area contributed by atoms with E-state index >= 15 is 0 Å². The summed E-state index contributed by atoms with van der Waals surface area (Å²) in [5, 5.41) is 2.04. The van der Waals surface area contributed by atoms with Crippen LogP contribution in [-0.2, 0) is 0 Å².